The Labute approximate surface area is 92.8 Å². The van der Waals surface area contributed by atoms with E-state index < -0.39 is 0 Å². The molecule has 2 rings (SSSR count). The number of pyridine rings is 1. The summed E-state index contributed by atoms with van der Waals surface area (Å²) in [6.07, 6.45) is 3.79. The lowest BCUT2D eigenvalue weighted by molar-refractivity contribution is -0.688. The van der Waals surface area contributed by atoms with Gasteiger partial charge in [0.05, 0.1) is 5.02 Å². The highest BCUT2D eigenvalue weighted by atomic mass is 35.5. The minimum Gasteiger partial charge on any atom is -0.207 e. The highest BCUT2D eigenvalue weighted by Gasteiger charge is 2.02. The van der Waals surface area contributed by atoms with E-state index in [0.717, 1.165) is 12.1 Å². The fourth-order valence-corrected chi connectivity index (χ4v) is 1.46. The zero-order valence-electron chi connectivity index (χ0n) is 8.03. The van der Waals surface area contributed by atoms with Gasteiger partial charge in [-0.15, -0.1) is 0 Å². The molecule has 0 spiro atoms. The Morgan fingerprint density at radius 2 is 1.60 bits per heavy atom. The van der Waals surface area contributed by atoms with Crippen molar-refractivity contribution in [2.24, 2.45) is 0 Å². The van der Waals surface area contributed by atoms with Crippen LogP contribution in [0.5, 0.6) is 0 Å². The Balaban J connectivity index is 2.15. The van der Waals surface area contributed by atoms with E-state index in [2.05, 4.69) is 0 Å². The van der Waals surface area contributed by atoms with Gasteiger partial charge in [-0.05, 0) is 24.3 Å². The average Bonchev–Trinajstić information content (AvgIpc) is 2.25. The zero-order chi connectivity index (χ0) is 10.7. The molecule has 0 fully saturated rings. The number of rotatable bonds is 2. The predicted octanol–water partition coefficient (Wildman–Crippen LogP) is 2.81. The van der Waals surface area contributed by atoms with Gasteiger partial charge in [-0.2, -0.15) is 0 Å². The summed E-state index contributed by atoms with van der Waals surface area (Å²) < 4.78 is 14.6. The molecule has 0 aliphatic rings. The molecule has 0 N–H and O–H groups in total. The van der Waals surface area contributed by atoms with Crippen molar-refractivity contribution in [3.63, 3.8) is 0 Å². The van der Waals surface area contributed by atoms with E-state index >= 15 is 0 Å². The number of benzene rings is 1. The second-order valence-corrected chi connectivity index (χ2v) is 3.75. The number of halogens is 2. The van der Waals surface area contributed by atoms with Gasteiger partial charge >= 0.3 is 0 Å². The van der Waals surface area contributed by atoms with Crippen LogP contribution in [0.25, 0.3) is 0 Å². The van der Waals surface area contributed by atoms with Crippen molar-refractivity contribution in [3.05, 3.63) is 65.2 Å². The largest absolute Gasteiger partial charge is 0.207 e. The highest BCUT2D eigenvalue weighted by molar-refractivity contribution is 6.30. The molecular formula is C12H10ClFN+. The quantitative estimate of drug-likeness (QED) is 0.688. The van der Waals surface area contributed by atoms with Crippen LogP contribution >= 0.6 is 11.6 Å². The fraction of sp³-hybridized carbons (Fsp3) is 0.0833. The van der Waals surface area contributed by atoms with Crippen LogP contribution in [-0.2, 0) is 6.54 Å². The standard InChI is InChI=1S/C12H10ClFN/c13-11-5-7-15(8-6-11)9-10-1-3-12(14)4-2-10/h1-8H,9H2/q+1. The van der Waals surface area contributed by atoms with E-state index in [1.807, 2.05) is 29.1 Å². The maximum absolute atomic E-state index is 12.7. The molecular weight excluding hydrogens is 213 g/mol. The predicted molar refractivity (Wildman–Crippen MR) is 57.1 cm³/mol. The minimum atomic E-state index is -0.208. The first kappa shape index (κ1) is 10.1. The van der Waals surface area contributed by atoms with Crippen LogP contribution in [0.15, 0.2) is 48.8 Å². The first-order chi connectivity index (χ1) is 7.24. The number of aromatic nitrogens is 1. The Morgan fingerprint density at radius 1 is 1.00 bits per heavy atom. The lowest BCUT2D eigenvalue weighted by atomic mass is 10.2. The van der Waals surface area contributed by atoms with E-state index in [-0.39, 0.29) is 5.82 Å². The molecule has 0 saturated heterocycles. The molecule has 1 nitrogen and oxygen atoms in total. The maximum atomic E-state index is 12.7. The van der Waals surface area contributed by atoms with Crippen molar-refractivity contribution in [2.75, 3.05) is 0 Å². The molecule has 0 aliphatic carbocycles. The van der Waals surface area contributed by atoms with Gasteiger partial charge in [-0.1, -0.05) is 11.6 Å². The molecule has 1 heterocycles. The minimum absolute atomic E-state index is 0.208. The van der Waals surface area contributed by atoms with Crippen LogP contribution in [0.2, 0.25) is 5.02 Å². The first-order valence-electron chi connectivity index (χ1n) is 4.63. The number of hydrogen-bond acceptors (Lipinski definition) is 0. The summed E-state index contributed by atoms with van der Waals surface area (Å²) in [5.74, 6) is -0.208. The average molecular weight is 223 g/mol. The van der Waals surface area contributed by atoms with E-state index in [9.17, 15) is 4.39 Å². The van der Waals surface area contributed by atoms with Crippen LogP contribution in [-0.4, -0.2) is 0 Å². The lowest BCUT2D eigenvalue weighted by Crippen LogP contribution is -2.32. The Hall–Kier alpha value is -1.41. The van der Waals surface area contributed by atoms with Gasteiger partial charge in [-0.25, -0.2) is 8.96 Å². The number of nitrogens with zero attached hydrogens (tertiary/aromatic N) is 1. The highest BCUT2D eigenvalue weighted by Crippen LogP contribution is 2.04. The molecule has 76 valence electrons. The third-order valence-corrected chi connectivity index (χ3v) is 2.38. The van der Waals surface area contributed by atoms with E-state index in [1.165, 1.54) is 12.1 Å². The van der Waals surface area contributed by atoms with E-state index in [4.69, 9.17) is 11.6 Å². The van der Waals surface area contributed by atoms with Crippen LogP contribution in [0.1, 0.15) is 5.56 Å². The molecule has 1 aromatic carbocycles. The third kappa shape index (κ3) is 2.77. The van der Waals surface area contributed by atoms with Gasteiger partial charge < -0.3 is 0 Å². The molecule has 0 saturated carbocycles. The van der Waals surface area contributed by atoms with Gasteiger partial charge in [0.2, 0.25) is 0 Å². The first-order valence-corrected chi connectivity index (χ1v) is 5.01. The summed E-state index contributed by atoms with van der Waals surface area (Å²) in [5.41, 5.74) is 1.06. The van der Waals surface area contributed by atoms with E-state index in [1.54, 1.807) is 12.1 Å². The Kier molecular flexibility index (Phi) is 2.97. The molecule has 0 radical (unpaired) electrons. The summed E-state index contributed by atoms with van der Waals surface area (Å²) >= 11 is 5.77. The maximum Gasteiger partial charge on any atom is 0.173 e. The second kappa shape index (κ2) is 4.41. The third-order valence-electron chi connectivity index (χ3n) is 2.13. The molecule has 0 amide bonds. The fourth-order valence-electron chi connectivity index (χ4n) is 1.35. The van der Waals surface area contributed by atoms with Crippen LogP contribution in [0.4, 0.5) is 4.39 Å². The second-order valence-electron chi connectivity index (χ2n) is 3.32. The van der Waals surface area contributed by atoms with Gasteiger partial charge in [0, 0.05) is 17.7 Å². The molecule has 1 aromatic heterocycles. The Bertz CT molecular complexity index is 393. The zero-order valence-corrected chi connectivity index (χ0v) is 8.78. The topological polar surface area (TPSA) is 3.88 Å². The molecule has 15 heavy (non-hydrogen) atoms. The Morgan fingerprint density at radius 3 is 2.20 bits per heavy atom. The molecule has 0 aliphatic heterocycles. The molecule has 2 aromatic rings. The normalized spacial score (nSPS) is 10.3. The van der Waals surface area contributed by atoms with Crippen molar-refractivity contribution >= 4 is 11.6 Å². The monoisotopic (exact) mass is 222 g/mol. The summed E-state index contributed by atoms with van der Waals surface area (Å²) in [5, 5.41) is 0.713. The summed E-state index contributed by atoms with van der Waals surface area (Å²) in [6, 6.07) is 10.1. The summed E-state index contributed by atoms with van der Waals surface area (Å²) in [7, 11) is 0. The van der Waals surface area contributed by atoms with Crippen LogP contribution in [0, 0.1) is 5.82 Å². The van der Waals surface area contributed by atoms with Gasteiger partial charge in [0.15, 0.2) is 18.9 Å². The van der Waals surface area contributed by atoms with Crippen molar-refractivity contribution in [1.29, 1.82) is 0 Å². The lowest BCUT2D eigenvalue weighted by Gasteiger charge is -1.97. The SMILES string of the molecule is Fc1ccc(C[n+]2ccc(Cl)cc2)cc1. The van der Waals surface area contributed by atoms with Crippen molar-refractivity contribution in [3.8, 4) is 0 Å². The van der Waals surface area contributed by atoms with Gasteiger partial charge in [0.1, 0.15) is 5.82 Å². The summed E-state index contributed by atoms with van der Waals surface area (Å²) in [4.78, 5) is 0. The van der Waals surface area contributed by atoms with Gasteiger partial charge in [-0.3, -0.25) is 0 Å². The molecule has 0 bridgehead atoms. The summed E-state index contributed by atoms with van der Waals surface area (Å²) in [6.45, 7) is 0.720. The van der Waals surface area contributed by atoms with E-state index in [0.29, 0.717) is 5.02 Å². The van der Waals surface area contributed by atoms with Crippen molar-refractivity contribution in [2.45, 2.75) is 6.54 Å². The van der Waals surface area contributed by atoms with Crippen molar-refractivity contribution < 1.29 is 8.96 Å². The molecule has 3 heteroatoms. The van der Waals surface area contributed by atoms with Crippen LogP contribution < -0.4 is 4.57 Å². The van der Waals surface area contributed by atoms with Crippen LogP contribution in [0.3, 0.4) is 0 Å². The smallest absolute Gasteiger partial charge is 0.173 e. The molecule has 0 atom stereocenters. The van der Waals surface area contributed by atoms with Crippen molar-refractivity contribution in [1.82, 2.24) is 0 Å². The number of hydrogen-bond donors (Lipinski definition) is 0. The van der Waals surface area contributed by atoms with Gasteiger partial charge in [0.25, 0.3) is 0 Å². The molecule has 0 unspecified atom stereocenters.